The van der Waals surface area contributed by atoms with Gasteiger partial charge in [0.25, 0.3) is 0 Å². The maximum absolute atomic E-state index is 8.56. The number of nitrogens with zero attached hydrogens (tertiary/aromatic N) is 4. The van der Waals surface area contributed by atoms with E-state index in [4.69, 9.17) is 5.26 Å². The molecule has 2 N–H and O–H groups in total. The second kappa shape index (κ2) is 4.37. The van der Waals surface area contributed by atoms with E-state index in [2.05, 4.69) is 26.5 Å². The van der Waals surface area contributed by atoms with Gasteiger partial charge in [0.1, 0.15) is 12.5 Å². The second-order valence-electron chi connectivity index (χ2n) is 4.01. The van der Waals surface area contributed by atoms with Crippen LogP contribution in [0.2, 0.25) is 0 Å². The second-order valence-corrected chi connectivity index (χ2v) is 4.01. The first kappa shape index (κ1) is 10.6. The van der Waals surface area contributed by atoms with Crippen molar-refractivity contribution in [3.05, 3.63) is 35.8 Å². The van der Waals surface area contributed by atoms with Gasteiger partial charge in [0.05, 0.1) is 30.9 Å². The van der Waals surface area contributed by atoms with Crippen LogP contribution in [0.5, 0.6) is 0 Å². The fourth-order valence-corrected chi connectivity index (χ4v) is 2.02. The minimum Gasteiger partial charge on any atom is -0.352 e. The van der Waals surface area contributed by atoms with Crippen LogP contribution in [0.15, 0.2) is 29.6 Å². The maximum atomic E-state index is 8.56. The molecule has 3 heterocycles. The molecule has 0 spiro atoms. The molecule has 18 heavy (non-hydrogen) atoms. The summed E-state index contributed by atoms with van der Waals surface area (Å²) >= 11 is 0. The number of nitriles is 1. The van der Waals surface area contributed by atoms with Crippen molar-refractivity contribution in [3.8, 4) is 6.07 Å². The fraction of sp³-hybridized carbons (Fsp3) is 0.250. The lowest BCUT2D eigenvalue weighted by atomic mass is 10.1. The summed E-state index contributed by atoms with van der Waals surface area (Å²) in [5, 5.41) is 16.0. The van der Waals surface area contributed by atoms with Crippen LogP contribution in [0.4, 0.5) is 5.82 Å². The molecular formula is C12H12N6. The Hall–Kier alpha value is -2.55. The summed E-state index contributed by atoms with van der Waals surface area (Å²) in [5.41, 5.74) is 2.98. The Bertz CT molecular complexity index is 627. The molecule has 0 saturated heterocycles. The number of hydrogen-bond donors (Lipinski definition) is 2. The summed E-state index contributed by atoms with van der Waals surface area (Å²) in [6.45, 7) is 1.17. The highest BCUT2D eigenvalue weighted by Crippen LogP contribution is 2.21. The molecule has 0 amide bonds. The average molecular weight is 240 g/mol. The highest BCUT2D eigenvalue weighted by Gasteiger charge is 2.17. The molecule has 0 fully saturated rings. The number of aryl methyl sites for hydroxylation is 1. The average Bonchev–Trinajstić information content (AvgIpc) is 3.04. The van der Waals surface area contributed by atoms with Crippen LogP contribution in [-0.4, -0.2) is 27.1 Å². The quantitative estimate of drug-likeness (QED) is 0.849. The van der Waals surface area contributed by atoms with Gasteiger partial charge in [-0.2, -0.15) is 10.4 Å². The van der Waals surface area contributed by atoms with Crippen molar-refractivity contribution in [2.24, 2.45) is 4.99 Å². The molecule has 0 atom stereocenters. The van der Waals surface area contributed by atoms with Gasteiger partial charge in [-0.15, -0.1) is 0 Å². The van der Waals surface area contributed by atoms with E-state index in [1.54, 1.807) is 10.9 Å². The zero-order valence-electron chi connectivity index (χ0n) is 9.72. The summed E-state index contributed by atoms with van der Waals surface area (Å²) in [5.74, 6) is 0.991. The zero-order valence-corrected chi connectivity index (χ0v) is 9.72. The molecular weight excluding hydrogens is 228 g/mol. The van der Waals surface area contributed by atoms with Crippen molar-refractivity contribution in [1.29, 1.82) is 5.26 Å². The van der Waals surface area contributed by atoms with Crippen LogP contribution in [0.25, 0.3) is 0 Å². The molecule has 0 aliphatic carbocycles. The summed E-state index contributed by atoms with van der Waals surface area (Å²) < 4.78 is 1.77. The van der Waals surface area contributed by atoms with Crippen molar-refractivity contribution < 1.29 is 0 Å². The molecule has 3 rings (SSSR count). The van der Waals surface area contributed by atoms with Crippen LogP contribution in [0.3, 0.4) is 0 Å². The van der Waals surface area contributed by atoms with Crippen LogP contribution in [0, 0.1) is 11.3 Å². The van der Waals surface area contributed by atoms with Gasteiger partial charge < -0.3 is 10.3 Å². The van der Waals surface area contributed by atoms with Gasteiger partial charge in [0.2, 0.25) is 0 Å². The number of anilines is 1. The summed E-state index contributed by atoms with van der Waals surface area (Å²) in [6.07, 6.45) is 6.07. The molecule has 90 valence electrons. The first-order valence-electron chi connectivity index (χ1n) is 5.74. The van der Waals surface area contributed by atoms with Gasteiger partial charge in [-0.1, -0.05) is 0 Å². The largest absolute Gasteiger partial charge is 0.352 e. The third-order valence-electron chi connectivity index (χ3n) is 2.85. The highest BCUT2D eigenvalue weighted by molar-refractivity contribution is 6.16. The molecule has 6 nitrogen and oxygen atoms in total. The fourth-order valence-electron chi connectivity index (χ4n) is 2.02. The molecule has 0 aromatic carbocycles. The van der Waals surface area contributed by atoms with E-state index in [0.29, 0.717) is 19.6 Å². The Morgan fingerprint density at radius 1 is 1.50 bits per heavy atom. The van der Waals surface area contributed by atoms with Crippen LogP contribution in [0.1, 0.15) is 17.5 Å². The van der Waals surface area contributed by atoms with E-state index in [-0.39, 0.29) is 0 Å². The number of aliphatic imine (C=N–C) groups is 1. The maximum Gasteiger partial charge on any atom is 0.114 e. The number of nitrogens with one attached hydrogen (secondary N) is 2. The van der Waals surface area contributed by atoms with Crippen molar-refractivity contribution >= 4 is 11.5 Å². The number of rotatable bonds is 3. The third-order valence-corrected chi connectivity index (χ3v) is 2.85. The van der Waals surface area contributed by atoms with Gasteiger partial charge in [-0.25, -0.2) is 0 Å². The number of aromatic amines is 1. The van der Waals surface area contributed by atoms with Crippen LogP contribution >= 0.6 is 0 Å². The van der Waals surface area contributed by atoms with Gasteiger partial charge >= 0.3 is 0 Å². The first-order valence-corrected chi connectivity index (χ1v) is 5.74. The lowest BCUT2D eigenvalue weighted by Gasteiger charge is -2.13. The smallest absolute Gasteiger partial charge is 0.114 e. The number of aromatic nitrogens is 3. The van der Waals surface area contributed by atoms with E-state index in [1.807, 2.05) is 18.5 Å². The van der Waals surface area contributed by atoms with Crippen molar-refractivity contribution in [2.45, 2.75) is 13.0 Å². The molecule has 0 bridgehead atoms. The normalized spacial score (nSPS) is 13.4. The van der Waals surface area contributed by atoms with E-state index in [9.17, 15) is 0 Å². The molecule has 0 radical (unpaired) electrons. The van der Waals surface area contributed by atoms with Gasteiger partial charge in [0.15, 0.2) is 0 Å². The molecule has 1 aliphatic heterocycles. The van der Waals surface area contributed by atoms with E-state index < -0.39 is 0 Å². The summed E-state index contributed by atoms with van der Waals surface area (Å²) in [6, 6.07) is 4.10. The minimum atomic E-state index is 0.463. The minimum absolute atomic E-state index is 0.463. The van der Waals surface area contributed by atoms with Crippen LogP contribution in [-0.2, 0) is 6.54 Å². The summed E-state index contributed by atoms with van der Waals surface area (Å²) in [4.78, 5) is 7.61. The van der Waals surface area contributed by atoms with Gasteiger partial charge in [-0.05, 0) is 6.07 Å². The third kappa shape index (κ3) is 1.76. The Labute approximate surface area is 104 Å². The van der Waals surface area contributed by atoms with Gasteiger partial charge in [0, 0.05) is 23.5 Å². The predicted octanol–water partition coefficient (Wildman–Crippen LogP) is 1.35. The van der Waals surface area contributed by atoms with Crippen LogP contribution < -0.4 is 5.32 Å². The highest BCUT2D eigenvalue weighted by atomic mass is 15.3. The number of H-pyrrole nitrogens is 1. The van der Waals surface area contributed by atoms with E-state index in [1.165, 1.54) is 0 Å². The summed E-state index contributed by atoms with van der Waals surface area (Å²) in [7, 11) is 0. The Morgan fingerprint density at radius 3 is 3.33 bits per heavy atom. The molecule has 2 aromatic heterocycles. The zero-order chi connectivity index (χ0) is 12.4. The van der Waals surface area contributed by atoms with Gasteiger partial charge in [-0.3, -0.25) is 9.67 Å². The molecule has 1 aliphatic rings. The molecule has 0 saturated carbocycles. The standard InChI is InChI=1S/C12H12N6/c13-3-1-5-18-7-9(6-17-18)11-10-2-4-14-12(10)16-8-15-11/h2,4,6-7,14,16H,1,5,8H2. The van der Waals surface area contributed by atoms with Crippen molar-refractivity contribution in [3.63, 3.8) is 0 Å². The lowest BCUT2D eigenvalue weighted by Crippen LogP contribution is -2.15. The Balaban J connectivity index is 1.90. The lowest BCUT2D eigenvalue weighted by molar-refractivity contribution is 0.627. The van der Waals surface area contributed by atoms with E-state index >= 15 is 0 Å². The molecule has 2 aromatic rings. The van der Waals surface area contributed by atoms with E-state index in [0.717, 1.165) is 22.7 Å². The molecule has 0 unspecified atom stereocenters. The SMILES string of the molecule is N#CCCn1cc(C2=NCNc3[nH]ccc32)cn1. The topological polar surface area (TPSA) is 81.8 Å². The Morgan fingerprint density at radius 2 is 2.44 bits per heavy atom. The van der Waals surface area contributed by atoms with Crippen molar-refractivity contribution in [1.82, 2.24) is 14.8 Å². The molecule has 6 heteroatoms. The number of hydrogen-bond acceptors (Lipinski definition) is 4. The van der Waals surface area contributed by atoms with Crippen molar-refractivity contribution in [2.75, 3.05) is 12.0 Å². The first-order chi connectivity index (χ1) is 8.88. The predicted molar refractivity (Wildman–Crippen MR) is 67.4 cm³/mol. The monoisotopic (exact) mass is 240 g/mol. The number of fused-ring (bicyclic) bond motifs is 1. The Kier molecular flexibility index (Phi) is 2.57.